The molecule has 2 aliphatic rings. The molecule has 3 nitrogen and oxygen atoms in total. The van der Waals surface area contributed by atoms with E-state index in [4.69, 9.17) is 5.73 Å². The summed E-state index contributed by atoms with van der Waals surface area (Å²) in [5.41, 5.74) is 5.76. The molecule has 4 unspecified atom stereocenters. The first-order valence-corrected chi connectivity index (χ1v) is 6.36. The molecule has 88 valence electrons. The lowest BCUT2D eigenvalue weighted by molar-refractivity contribution is 0.0247. The quantitative estimate of drug-likeness (QED) is 0.748. The summed E-state index contributed by atoms with van der Waals surface area (Å²) < 4.78 is 0. The van der Waals surface area contributed by atoms with Gasteiger partial charge in [0.15, 0.2) is 0 Å². The number of nitrogens with two attached hydrogens (primary N) is 1. The average Bonchev–Trinajstić information content (AvgIpc) is 2.28. The van der Waals surface area contributed by atoms with E-state index in [1.165, 1.54) is 38.9 Å². The number of hydrogen-bond donors (Lipinski definition) is 1. The van der Waals surface area contributed by atoms with E-state index in [1.807, 2.05) is 0 Å². The molecule has 4 atom stereocenters. The highest BCUT2D eigenvalue weighted by atomic mass is 15.2. The first kappa shape index (κ1) is 11.4. The Kier molecular flexibility index (Phi) is 3.65. The van der Waals surface area contributed by atoms with Gasteiger partial charge in [-0.2, -0.15) is 0 Å². The number of fused-ring (bicyclic) bond motifs is 2. The molecule has 0 radical (unpaired) electrons. The monoisotopic (exact) mass is 211 g/mol. The van der Waals surface area contributed by atoms with E-state index in [9.17, 15) is 0 Å². The van der Waals surface area contributed by atoms with Gasteiger partial charge in [-0.05, 0) is 52.2 Å². The van der Waals surface area contributed by atoms with Gasteiger partial charge < -0.3 is 10.6 Å². The Morgan fingerprint density at radius 2 is 2.20 bits per heavy atom. The van der Waals surface area contributed by atoms with Crippen LogP contribution in [0.5, 0.6) is 0 Å². The first-order valence-electron chi connectivity index (χ1n) is 6.36. The lowest BCUT2D eigenvalue weighted by atomic mass is 9.84. The molecule has 2 N–H and O–H groups in total. The second-order valence-corrected chi connectivity index (χ2v) is 5.31. The maximum atomic E-state index is 5.76. The van der Waals surface area contributed by atoms with Crippen molar-refractivity contribution < 1.29 is 0 Å². The van der Waals surface area contributed by atoms with E-state index >= 15 is 0 Å². The van der Waals surface area contributed by atoms with Crippen molar-refractivity contribution in [2.45, 2.75) is 38.3 Å². The van der Waals surface area contributed by atoms with Crippen LogP contribution in [-0.4, -0.2) is 55.1 Å². The molecule has 3 heteroatoms. The average molecular weight is 211 g/mol. The van der Waals surface area contributed by atoms with E-state index in [0.717, 1.165) is 18.5 Å². The molecule has 0 amide bonds. The van der Waals surface area contributed by atoms with Crippen molar-refractivity contribution in [2.24, 2.45) is 11.7 Å². The van der Waals surface area contributed by atoms with E-state index in [1.54, 1.807) is 0 Å². The van der Waals surface area contributed by atoms with Crippen molar-refractivity contribution in [1.29, 1.82) is 0 Å². The number of nitrogens with zero attached hydrogens (tertiary/aromatic N) is 2. The van der Waals surface area contributed by atoms with Crippen LogP contribution in [-0.2, 0) is 0 Å². The summed E-state index contributed by atoms with van der Waals surface area (Å²) in [5, 5.41) is 0. The van der Waals surface area contributed by atoms with Crippen LogP contribution >= 0.6 is 0 Å². The Hall–Kier alpha value is -0.120. The number of rotatable bonds is 3. The SMILES string of the molecule is CC(CN)N(C)C1CCN2CCCC1C2. The molecule has 0 saturated carbocycles. The van der Waals surface area contributed by atoms with Gasteiger partial charge in [-0.1, -0.05) is 0 Å². The van der Waals surface area contributed by atoms with Gasteiger partial charge in [0, 0.05) is 25.2 Å². The van der Waals surface area contributed by atoms with Crippen LogP contribution in [0.4, 0.5) is 0 Å². The molecule has 2 rings (SSSR count). The Morgan fingerprint density at radius 1 is 1.40 bits per heavy atom. The van der Waals surface area contributed by atoms with E-state index in [0.29, 0.717) is 6.04 Å². The third-order valence-corrected chi connectivity index (χ3v) is 4.39. The molecule has 0 aromatic rings. The van der Waals surface area contributed by atoms with Crippen LogP contribution in [0.1, 0.15) is 26.2 Å². The summed E-state index contributed by atoms with van der Waals surface area (Å²) in [6.07, 6.45) is 4.15. The summed E-state index contributed by atoms with van der Waals surface area (Å²) in [5.74, 6) is 0.895. The molecular formula is C12H25N3. The van der Waals surface area contributed by atoms with Crippen LogP contribution < -0.4 is 5.73 Å². The summed E-state index contributed by atoms with van der Waals surface area (Å²) >= 11 is 0. The number of likely N-dealkylation sites (N-methyl/N-ethyl adjacent to an activating group) is 1. The summed E-state index contributed by atoms with van der Waals surface area (Å²) in [7, 11) is 2.26. The standard InChI is InChI=1S/C12H25N3/c1-10(8-13)14(2)12-5-7-15-6-3-4-11(12)9-15/h10-12H,3-9,13H2,1-2H3. The van der Waals surface area contributed by atoms with Gasteiger partial charge in [-0.3, -0.25) is 4.90 Å². The minimum absolute atomic E-state index is 0.531. The van der Waals surface area contributed by atoms with Crippen molar-refractivity contribution in [1.82, 2.24) is 9.80 Å². The molecule has 0 aromatic heterocycles. The molecule has 2 bridgehead atoms. The second kappa shape index (κ2) is 4.81. The molecule has 0 spiro atoms. The molecule has 0 aliphatic carbocycles. The Bertz CT molecular complexity index is 205. The van der Waals surface area contributed by atoms with Crippen LogP contribution in [0.2, 0.25) is 0 Å². The number of hydrogen-bond acceptors (Lipinski definition) is 3. The summed E-state index contributed by atoms with van der Waals surface area (Å²) in [6, 6.07) is 1.31. The first-order chi connectivity index (χ1) is 7.22. The van der Waals surface area contributed by atoms with Crippen molar-refractivity contribution in [2.75, 3.05) is 33.2 Å². The van der Waals surface area contributed by atoms with Crippen molar-refractivity contribution in [3.05, 3.63) is 0 Å². The minimum Gasteiger partial charge on any atom is -0.329 e. The zero-order chi connectivity index (χ0) is 10.8. The van der Waals surface area contributed by atoms with Gasteiger partial charge in [0.05, 0.1) is 0 Å². The number of piperidine rings is 2. The van der Waals surface area contributed by atoms with Crippen LogP contribution in [0.25, 0.3) is 0 Å². The van der Waals surface area contributed by atoms with Gasteiger partial charge in [0.1, 0.15) is 0 Å². The van der Waals surface area contributed by atoms with Crippen molar-refractivity contribution in [3.8, 4) is 0 Å². The van der Waals surface area contributed by atoms with Crippen LogP contribution in [0.15, 0.2) is 0 Å². The van der Waals surface area contributed by atoms with E-state index < -0.39 is 0 Å². The molecular weight excluding hydrogens is 186 g/mol. The van der Waals surface area contributed by atoms with E-state index in [2.05, 4.69) is 23.8 Å². The summed E-state index contributed by atoms with van der Waals surface area (Å²) in [6.45, 7) is 6.98. The maximum absolute atomic E-state index is 5.76. The van der Waals surface area contributed by atoms with Gasteiger partial charge in [0.2, 0.25) is 0 Å². The van der Waals surface area contributed by atoms with Gasteiger partial charge in [-0.25, -0.2) is 0 Å². The lowest BCUT2D eigenvalue weighted by Crippen LogP contribution is -2.55. The van der Waals surface area contributed by atoms with Crippen molar-refractivity contribution in [3.63, 3.8) is 0 Å². The smallest absolute Gasteiger partial charge is 0.0190 e. The highest BCUT2D eigenvalue weighted by molar-refractivity contribution is 4.90. The van der Waals surface area contributed by atoms with E-state index in [-0.39, 0.29) is 0 Å². The Morgan fingerprint density at radius 3 is 2.93 bits per heavy atom. The second-order valence-electron chi connectivity index (χ2n) is 5.31. The largest absolute Gasteiger partial charge is 0.329 e. The predicted molar refractivity (Wildman–Crippen MR) is 63.8 cm³/mol. The molecule has 2 fully saturated rings. The van der Waals surface area contributed by atoms with Crippen molar-refractivity contribution >= 4 is 0 Å². The normalized spacial score (nSPS) is 38.0. The third kappa shape index (κ3) is 2.35. The predicted octanol–water partition coefficient (Wildman–Crippen LogP) is 0.750. The highest BCUT2D eigenvalue weighted by Gasteiger charge is 2.34. The molecule has 15 heavy (non-hydrogen) atoms. The molecule has 0 aromatic carbocycles. The summed E-state index contributed by atoms with van der Waals surface area (Å²) in [4.78, 5) is 5.15. The Balaban J connectivity index is 1.96. The zero-order valence-electron chi connectivity index (χ0n) is 10.2. The Labute approximate surface area is 93.6 Å². The molecule has 2 saturated heterocycles. The fourth-order valence-corrected chi connectivity index (χ4v) is 3.19. The zero-order valence-corrected chi connectivity index (χ0v) is 10.2. The lowest BCUT2D eigenvalue weighted by Gasteiger charge is -2.47. The minimum atomic E-state index is 0.531. The van der Waals surface area contributed by atoms with Crippen LogP contribution in [0, 0.1) is 5.92 Å². The van der Waals surface area contributed by atoms with Crippen LogP contribution in [0.3, 0.4) is 0 Å². The molecule has 2 heterocycles. The van der Waals surface area contributed by atoms with Gasteiger partial charge in [0.25, 0.3) is 0 Å². The fourth-order valence-electron chi connectivity index (χ4n) is 3.19. The maximum Gasteiger partial charge on any atom is 0.0190 e. The van der Waals surface area contributed by atoms with Gasteiger partial charge >= 0.3 is 0 Å². The molecule has 2 aliphatic heterocycles. The highest BCUT2D eigenvalue weighted by Crippen LogP contribution is 2.30. The van der Waals surface area contributed by atoms with Gasteiger partial charge in [-0.15, -0.1) is 0 Å². The fraction of sp³-hybridized carbons (Fsp3) is 1.00. The topological polar surface area (TPSA) is 32.5 Å². The third-order valence-electron chi connectivity index (χ3n) is 4.39.